The van der Waals surface area contributed by atoms with Crippen molar-refractivity contribution in [2.45, 2.75) is 13.2 Å². The molecule has 6 aromatic carbocycles. The Bertz CT molecular complexity index is 2820. The maximum absolute atomic E-state index is 9.77. The number of nitrogens with zero attached hydrogens (tertiary/aromatic N) is 7. The van der Waals surface area contributed by atoms with Gasteiger partial charge in [-0.3, -0.25) is 9.13 Å². The molecule has 1 N–H and O–H groups in total. The average molecular weight is 742 g/mol. The Morgan fingerprint density at radius 1 is 0.500 bits per heavy atom. The Morgan fingerprint density at radius 2 is 0.944 bits per heavy atom. The van der Waals surface area contributed by atoms with Crippen molar-refractivity contribution in [2.75, 3.05) is 14.1 Å². The van der Waals surface area contributed by atoms with Crippen molar-refractivity contribution in [3.63, 3.8) is 0 Å². The minimum Gasteiger partial charge on any atom is -0.388 e. The van der Waals surface area contributed by atoms with E-state index in [-0.39, 0.29) is 6.61 Å². The molecule has 0 bridgehead atoms. The van der Waals surface area contributed by atoms with E-state index in [1.54, 1.807) is 22.7 Å². The molecule has 54 heavy (non-hydrogen) atoms. The molecule has 0 atom stereocenters. The van der Waals surface area contributed by atoms with Gasteiger partial charge in [-0.1, -0.05) is 60.7 Å². The van der Waals surface area contributed by atoms with Crippen molar-refractivity contribution in [2.24, 2.45) is 0 Å². The summed E-state index contributed by atoms with van der Waals surface area (Å²) >= 11 is 3.40. The number of hydrogen-bond acceptors (Lipinski definition) is 8. The van der Waals surface area contributed by atoms with Crippen molar-refractivity contribution >= 4 is 65.2 Å². The lowest BCUT2D eigenvalue weighted by Crippen LogP contribution is -2.14. The summed E-state index contributed by atoms with van der Waals surface area (Å²) in [4.78, 5) is 21.3. The van der Waals surface area contributed by atoms with E-state index in [0.29, 0.717) is 5.82 Å². The van der Waals surface area contributed by atoms with Crippen LogP contribution in [-0.4, -0.2) is 53.2 Å². The molecule has 0 fully saturated rings. The monoisotopic (exact) mass is 741 g/mol. The standard InChI is InChI=1S/C23H20N4S.C21H15N3OS/c1-26(2)15-22-24-19-14-16(23-25-18-10-6-7-11-21(18)28-23)12-13-20(19)27(22)17-8-4-3-5-9-17;25-13-20-22-17-12-14(21-23-16-8-4-5-9-19(16)26-21)10-11-18(17)24(20)15-6-2-1-3-7-15/h3-14H,15H2,1-2H3;1-12,25H,13H2. The smallest absolute Gasteiger partial charge is 0.140 e. The third-order valence-electron chi connectivity index (χ3n) is 9.16. The van der Waals surface area contributed by atoms with E-state index in [1.165, 1.54) is 9.40 Å². The quantitative estimate of drug-likeness (QED) is 0.175. The molecule has 0 saturated carbocycles. The second kappa shape index (κ2) is 14.4. The number of aliphatic hydroxyl groups is 1. The van der Waals surface area contributed by atoms with Crippen LogP contribution in [0.4, 0.5) is 0 Å². The lowest BCUT2D eigenvalue weighted by atomic mass is 10.2. The average Bonchev–Trinajstić information content (AvgIpc) is 4.00. The molecular formula is C44H35N7OS2. The molecule has 4 aromatic heterocycles. The number of fused-ring (bicyclic) bond motifs is 4. The van der Waals surface area contributed by atoms with Gasteiger partial charge in [-0.2, -0.15) is 0 Å². The molecular weight excluding hydrogens is 707 g/mol. The fourth-order valence-corrected chi connectivity index (χ4v) is 8.67. The van der Waals surface area contributed by atoms with E-state index >= 15 is 0 Å². The summed E-state index contributed by atoms with van der Waals surface area (Å²) in [5.74, 6) is 1.67. The topological polar surface area (TPSA) is 84.9 Å². The number of thiazole rings is 2. The summed E-state index contributed by atoms with van der Waals surface area (Å²) in [7, 11) is 4.14. The van der Waals surface area contributed by atoms with E-state index < -0.39 is 0 Å². The Morgan fingerprint density at radius 3 is 1.41 bits per heavy atom. The molecule has 4 heterocycles. The zero-order valence-corrected chi connectivity index (χ0v) is 31.3. The highest BCUT2D eigenvalue weighted by atomic mass is 32.1. The Hall–Kier alpha value is -6.04. The van der Waals surface area contributed by atoms with Gasteiger partial charge in [0.1, 0.15) is 28.3 Å². The lowest BCUT2D eigenvalue weighted by Gasteiger charge is -2.12. The Labute approximate surface area is 319 Å². The summed E-state index contributed by atoms with van der Waals surface area (Å²) < 4.78 is 6.63. The first-order chi connectivity index (χ1) is 26.5. The van der Waals surface area contributed by atoms with Gasteiger partial charge in [0, 0.05) is 22.5 Å². The molecule has 0 aliphatic rings. The second-order valence-corrected chi connectivity index (χ2v) is 15.2. The predicted octanol–water partition coefficient (Wildman–Crippen LogP) is 10.2. The lowest BCUT2D eigenvalue weighted by molar-refractivity contribution is 0.270. The van der Waals surface area contributed by atoms with E-state index in [9.17, 15) is 5.11 Å². The summed E-state index contributed by atoms with van der Waals surface area (Å²) in [6.45, 7) is 0.667. The second-order valence-electron chi connectivity index (χ2n) is 13.2. The van der Waals surface area contributed by atoms with Crippen LogP contribution in [0.25, 0.3) is 75.0 Å². The summed E-state index contributed by atoms with van der Waals surface area (Å²) in [6.07, 6.45) is 0. The van der Waals surface area contributed by atoms with E-state index in [4.69, 9.17) is 15.0 Å². The molecule has 10 heteroatoms. The van der Waals surface area contributed by atoms with Crippen molar-refractivity contribution in [1.29, 1.82) is 0 Å². The first-order valence-electron chi connectivity index (χ1n) is 17.6. The van der Waals surface area contributed by atoms with E-state index in [0.717, 1.165) is 78.0 Å². The summed E-state index contributed by atoms with van der Waals surface area (Å²) in [5, 5.41) is 11.8. The SMILES string of the molecule is CN(C)Cc1nc2cc(-c3nc4ccccc4s3)ccc2n1-c1ccccc1.OCc1nc2cc(-c3nc4ccccc4s3)ccc2n1-c1ccccc1. The van der Waals surface area contributed by atoms with Crippen molar-refractivity contribution in [1.82, 2.24) is 34.0 Å². The largest absolute Gasteiger partial charge is 0.388 e. The van der Waals surface area contributed by atoms with Crippen molar-refractivity contribution in [3.05, 3.63) is 157 Å². The fraction of sp³-hybridized carbons (Fsp3) is 0.0909. The predicted molar refractivity (Wildman–Crippen MR) is 223 cm³/mol. The molecule has 0 radical (unpaired) electrons. The highest BCUT2D eigenvalue weighted by molar-refractivity contribution is 7.22. The number of imidazole rings is 2. The van der Waals surface area contributed by atoms with Gasteiger partial charge in [-0.15, -0.1) is 22.7 Å². The first kappa shape index (κ1) is 33.8. The molecule has 10 aromatic rings. The summed E-state index contributed by atoms with van der Waals surface area (Å²) in [5.41, 5.74) is 10.3. The van der Waals surface area contributed by atoms with Crippen molar-refractivity contribution in [3.8, 4) is 32.5 Å². The molecule has 264 valence electrons. The first-order valence-corrected chi connectivity index (χ1v) is 19.3. The molecule has 8 nitrogen and oxygen atoms in total. The van der Waals surface area contributed by atoms with Crippen LogP contribution in [0.5, 0.6) is 0 Å². The van der Waals surface area contributed by atoms with Gasteiger partial charge in [0.25, 0.3) is 0 Å². The van der Waals surface area contributed by atoms with Gasteiger partial charge >= 0.3 is 0 Å². The molecule has 0 aliphatic carbocycles. The zero-order valence-electron chi connectivity index (χ0n) is 29.7. The van der Waals surface area contributed by atoms with Crippen LogP contribution < -0.4 is 0 Å². The number of rotatable bonds is 7. The van der Waals surface area contributed by atoms with Crippen LogP contribution >= 0.6 is 22.7 Å². The number of hydrogen-bond donors (Lipinski definition) is 1. The highest BCUT2D eigenvalue weighted by Gasteiger charge is 2.16. The maximum Gasteiger partial charge on any atom is 0.140 e. The molecule has 0 aliphatic heterocycles. The highest BCUT2D eigenvalue weighted by Crippen LogP contribution is 2.34. The Kier molecular flexibility index (Phi) is 9.01. The van der Waals surface area contributed by atoms with E-state index in [2.05, 4.69) is 107 Å². The van der Waals surface area contributed by atoms with Gasteiger partial charge in [-0.25, -0.2) is 19.9 Å². The van der Waals surface area contributed by atoms with Crippen LogP contribution in [0.15, 0.2) is 146 Å². The number of benzene rings is 6. The molecule has 10 rings (SSSR count). The molecule has 0 saturated heterocycles. The third-order valence-corrected chi connectivity index (χ3v) is 11.3. The Balaban J connectivity index is 0.000000143. The maximum atomic E-state index is 9.77. The molecule has 0 spiro atoms. The molecule has 0 amide bonds. The van der Waals surface area contributed by atoms with E-state index in [1.807, 2.05) is 71.3 Å². The van der Waals surface area contributed by atoms with Gasteiger partial charge < -0.3 is 10.0 Å². The fourth-order valence-electron chi connectivity index (χ4n) is 6.74. The minimum absolute atomic E-state index is 0.111. The van der Waals surface area contributed by atoms with Crippen LogP contribution in [0.3, 0.4) is 0 Å². The summed E-state index contributed by atoms with van der Waals surface area (Å²) in [6, 6.07) is 49.5. The number of aliphatic hydroxyl groups excluding tert-OH is 1. The van der Waals surface area contributed by atoms with Gasteiger partial charge in [0.15, 0.2) is 0 Å². The third kappa shape index (κ3) is 6.46. The van der Waals surface area contributed by atoms with Gasteiger partial charge in [0.05, 0.1) is 49.0 Å². The minimum atomic E-state index is -0.111. The zero-order chi connectivity index (χ0) is 36.6. The van der Waals surface area contributed by atoms with Crippen LogP contribution in [-0.2, 0) is 13.2 Å². The van der Waals surface area contributed by atoms with Crippen LogP contribution in [0.1, 0.15) is 11.6 Å². The van der Waals surface area contributed by atoms with Crippen LogP contribution in [0, 0.1) is 0 Å². The number of aromatic nitrogens is 6. The normalized spacial score (nSPS) is 11.6. The van der Waals surface area contributed by atoms with Gasteiger partial charge in [0.2, 0.25) is 0 Å². The molecule has 0 unspecified atom stereocenters. The van der Waals surface area contributed by atoms with Crippen LogP contribution in [0.2, 0.25) is 0 Å². The number of para-hydroxylation sites is 4. The van der Waals surface area contributed by atoms with Gasteiger partial charge in [-0.05, 0) is 99.0 Å². The van der Waals surface area contributed by atoms with Crippen molar-refractivity contribution < 1.29 is 5.11 Å².